The van der Waals surface area contributed by atoms with Crippen molar-refractivity contribution in [3.63, 3.8) is 0 Å². The molecule has 0 aliphatic heterocycles. The van der Waals surface area contributed by atoms with Crippen molar-refractivity contribution in [2.75, 3.05) is 20.6 Å². The Morgan fingerprint density at radius 1 is 1.14 bits per heavy atom. The maximum atomic E-state index is 10.5. The molecule has 0 spiro atoms. The van der Waals surface area contributed by atoms with E-state index in [1.165, 1.54) is 37.8 Å². The highest BCUT2D eigenvalue weighted by Crippen LogP contribution is 2.48. The van der Waals surface area contributed by atoms with Crippen LogP contribution < -0.4 is 0 Å². The van der Waals surface area contributed by atoms with E-state index in [-0.39, 0.29) is 12.0 Å². The smallest absolute Gasteiger partial charge is 0.0971 e. The monoisotopic (exact) mass is 383 g/mol. The number of unbranched alkanes of at least 4 members (excludes halogenated alkanes) is 2. The van der Waals surface area contributed by atoms with Crippen molar-refractivity contribution in [2.45, 2.75) is 57.7 Å². The summed E-state index contributed by atoms with van der Waals surface area (Å²) in [6.07, 6.45) is 12.5. The Hall–Kier alpha value is -1.42. The molecule has 1 saturated carbocycles. The number of benzene rings is 1. The minimum atomic E-state index is -0.600. The van der Waals surface area contributed by atoms with Crippen LogP contribution in [0.15, 0.2) is 48.1 Å². The summed E-state index contributed by atoms with van der Waals surface area (Å²) in [5.74, 6) is 1.18. The Morgan fingerprint density at radius 3 is 2.61 bits per heavy atom. The molecule has 5 atom stereocenters. The van der Waals surface area contributed by atoms with Gasteiger partial charge < -0.3 is 15.1 Å². The first-order chi connectivity index (χ1) is 13.4. The zero-order valence-corrected chi connectivity index (χ0v) is 17.7. The average molecular weight is 384 g/mol. The maximum absolute atomic E-state index is 10.5. The fraction of sp³-hybridized carbons (Fsp3) is 0.600. The summed E-state index contributed by atoms with van der Waals surface area (Å²) in [4.78, 5) is 2.25. The van der Waals surface area contributed by atoms with E-state index in [9.17, 15) is 10.2 Å². The molecule has 0 heterocycles. The number of fused-ring (bicyclic) bond motifs is 1. The number of aliphatic hydroxyl groups excluding tert-OH is 2. The largest absolute Gasteiger partial charge is 0.392 e. The summed E-state index contributed by atoms with van der Waals surface area (Å²) in [6.45, 7) is 3.22. The van der Waals surface area contributed by atoms with Crippen molar-refractivity contribution < 1.29 is 10.2 Å². The highest BCUT2D eigenvalue weighted by atomic mass is 16.3. The normalized spacial score (nSPS) is 28.1. The van der Waals surface area contributed by atoms with Crippen molar-refractivity contribution in [1.29, 1.82) is 0 Å². The second-order valence-corrected chi connectivity index (χ2v) is 9.09. The van der Waals surface area contributed by atoms with Crippen molar-refractivity contribution in [1.82, 2.24) is 4.90 Å². The number of hydrogen-bond acceptors (Lipinski definition) is 3. The highest BCUT2D eigenvalue weighted by Gasteiger charge is 2.43. The van der Waals surface area contributed by atoms with Gasteiger partial charge in [0.1, 0.15) is 0 Å². The molecule has 0 amide bonds. The molecule has 0 saturated heterocycles. The second kappa shape index (κ2) is 9.87. The van der Waals surface area contributed by atoms with Crippen LogP contribution in [0.3, 0.4) is 0 Å². The fourth-order valence-electron chi connectivity index (χ4n) is 4.86. The van der Waals surface area contributed by atoms with Gasteiger partial charge in [-0.2, -0.15) is 0 Å². The predicted octanol–water partition coefficient (Wildman–Crippen LogP) is 4.65. The first-order valence-corrected chi connectivity index (χ1v) is 10.9. The van der Waals surface area contributed by atoms with E-state index in [4.69, 9.17) is 0 Å². The summed E-state index contributed by atoms with van der Waals surface area (Å²) in [6, 6.07) is 8.00. The minimum Gasteiger partial charge on any atom is -0.392 e. The Kier molecular flexibility index (Phi) is 7.50. The van der Waals surface area contributed by atoms with Crippen molar-refractivity contribution in [3.8, 4) is 0 Å². The van der Waals surface area contributed by atoms with Gasteiger partial charge in [-0.1, -0.05) is 60.1 Å². The third-order valence-electron chi connectivity index (χ3n) is 6.49. The number of aliphatic hydroxyl groups is 2. The number of nitrogens with zero attached hydrogens (tertiary/aromatic N) is 1. The molecule has 2 aliphatic carbocycles. The molecule has 2 aliphatic rings. The standard InChI is InChI=1S/C25H37NO2/c1-18-8-10-20(11-9-18)24(27)13-12-22-23-16-19(15-21(23)17-25(22)28)7-5-4-6-14-26(2)3/h8-13,15,21-25,27-28H,4-7,14,16-17H2,1-3H3/b13-12+/t21-,22+,23-,24-,25+/m0/s1. The van der Waals surface area contributed by atoms with Crippen molar-refractivity contribution >= 4 is 0 Å². The summed E-state index contributed by atoms with van der Waals surface area (Å²) in [5, 5.41) is 21.0. The summed E-state index contributed by atoms with van der Waals surface area (Å²) in [7, 11) is 4.27. The van der Waals surface area contributed by atoms with Gasteiger partial charge in [0.2, 0.25) is 0 Å². The molecule has 154 valence electrons. The van der Waals surface area contributed by atoms with Gasteiger partial charge in [0, 0.05) is 5.92 Å². The highest BCUT2D eigenvalue weighted by molar-refractivity contribution is 5.26. The van der Waals surface area contributed by atoms with Gasteiger partial charge in [-0.3, -0.25) is 0 Å². The number of aryl methyl sites for hydroxylation is 1. The topological polar surface area (TPSA) is 43.7 Å². The van der Waals surface area contributed by atoms with E-state index in [0.29, 0.717) is 11.8 Å². The van der Waals surface area contributed by atoms with Crippen LogP contribution in [-0.2, 0) is 0 Å². The molecule has 28 heavy (non-hydrogen) atoms. The Labute approximate surface area is 170 Å². The van der Waals surface area contributed by atoms with Crippen LogP contribution in [-0.4, -0.2) is 41.9 Å². The van der Waals surface area contributed by atoms with E-state index >= 15 is 0 Å². The fourth-order valence-corrected chi connectivity index (χ4v) is 4.86. The molecule has 1 aromatic rings. The van der Waals surface area contributed by atoms with E-state index < -0.39 is 6.10 Å². The summed E-state index contributed by atoms with van der Waals surface area (Å²) < 4.78 is 0. The Morgan fingerprint density at radius 2 is 1.89 bits per heavy atom. The number of rotatable bonds is 9. The zero-order chi connectivity index (χ0) is 20.1. The molecule has 3 nitrogen and oxygen atoms in total. The van der Waals surface area contributed by atoms with E-state index in [1.54, 1.807) is 5.57 Å². The predicted molar refractivity (Wildman–Crippen MR) is 116 cm³/mol. The molecule has 3 heteroatoms. The van der Waals surface area contributed by atoms with Crippen LogP contribution in [0.4, 0.5) is 0 Å². The SMILES string of the molecule is Cc1ccc([C@@H](O)/C=C/[C@@H]2[C@H]3CC(CCCCCN(C)C)=C[C@H]3C[C@H]2O)cc1. The molecule has 2 N–H and O–H groups in total. The van der Waals surface area contributed by atoms with E-state index in [2.05, 4.69) is 31.1 Å². The average Bonchev–Trinajstić information content (AvgIpc) is 3.16. The summed E-state index contributed by atoms with van der Waals surface area (Å²) >= 11 is 0. The maximum Gasteiger partial charge on any atom is 0.0971 e. The minimum absolute atomic E-state index is 0.160. The first-order valence-electron chi connectivity index (χ1n) is 10.9. The molecule has 0 bridgehead atoms. The quantitative estimate of drug-likeness (QED) is 0.482. The van der Waals surface area contributed by atoms with Gasteiger partial charge in [-0.25, -0.2) is 0 Å². The molecule has 0 unspecified atom stereocenters. The van der Waals surface area contributed by atoms with Crippen molar-refractivity contribution in [2.24, 2.45) is 17.8 Å². The van der Waals surface area contributed by atoms with Crippen LogP contribution in [0.1, 0.15) is 55.8 Å². The molecule has 3 rings (SSSR count). The third kappa shape index (κ3) is 5.56. The van der Waals surface area contributed by atoms with Gasteiger partial charge in [0.05, 0.1) is 12.2 Å². The number of allylic oxidation sites excluding steroid dienone is 2. The van der Waals surface area contributed by atoms with Crippen LogP contribution in [0.2, 0.25) is 0 Å². The van der Waals surface area contributed by atoms with Crippen molar-refractivity contribution in [3.05, 3.63) is 59.2 Å². The molecular formula is C25H37NO2. The van der Waals surface area contributed by atoms with Crippen LogP contribution in [0.5, 0.6) is 0 Å². The van der Waals surface area contributed by atoms with Gasteiger partial charge in [-0.15, -0.1) is 0 Å². The van der Waals surface area contributed by atoms with E-state index in [1.807, 2.05) is 37.3 Å². The van der Waals surface area contributed by atoms with Crippen LogP contribution in [0.25, 0.3) is 0 Å². The lowest BCUT2D eigenvalue weighted by molar-refractivity contribution is 0.140. The van der Waals surface area contributed by atoms with Crippen LogP contribution >= 0.6 is 0 Å². The van der Waals surface area contributed by atoms with Gasteiger partial charge >= 0.3 is 0 Å². The Balaban J connectivity index is 1.50. The summed E-state index contributed by atoms with van der Waals surface area (Å²) in [5.41, 5.74) is 3.69. The lowest BCUT2D eigenvalue weighted by atomic mass is 9.88. The second-order valence-electron chi connectivity index (χ2n) is 9.09. The lowest BCUT2D eigenvalue weighted by Crippen LogP contribution is -2.17. The first kappa shape index (κ1) is 21.3. The van der Waals surface area contributed by atoms with Gasteiger partial charge in [-0.05, 0) is 77.1 Å². The van der Waals surface area contributed by atoms with Gasteiger partial charge in [0.15, 0.2) is 0 Å². The van der Waals surface area contributed by atoms with Crippen LogP contribution in [0, 0.1) is 24.7 Å². The Bertz CT molecular complexity index is 676. The molecule has 0 radical (unpaired) electrons. The van der Waals surface area contributed by atoms with Gasteiger partial charge in [0.25, 0.3) is 0 Å². The molecular weight excluding hydrogens is 346 g/mol. The molecule has 0 aromatic heterocycles. The molecule has 1 fully saturated rings. The lowest BCUT2D eigenvalue weighted by Gasteiger charge is -2.19. The van der Waals surface area contributed by atoms with E-state index in [0.717, 1.165) is 18.4 Å². The third-order valence-corrected chi connectivity index (χ3v) is 6.49. The molecule has 1 aromatic carbocycles. The number of hydrogen-bond donors (Lipinski definition) is 2. The zero-order valence-electron chi connectivity index (χ0n) is 17.7.